The van der Waals surface area contributed by atoms with E-state index in [1.54, 1.807) is 12.1 Å². The first-order valence-corrected chi connectivity index (χ1v) is 9.78. The van der Waals surface area contributed by atoms with Crippen molar-refractivity contribution >= 4 is 5.91 Å². The summed E-state index contributed by atoms with van der Waals surface area (Å²) >= 11 is 0. The lowest BCUT2D eigenvalue weighted by atomic mass is 10.1. The molecule has 1 amide bonds. The first-order valence-electron chi connectivity index (χ1n) is 9.78. The summed E-state index contributed by atoms with van der Waals surface area (Å²) in [4.78, 5) is 14.3. The zero-order valence-corrected chi connectivity index (χ0v) is 16.2. The second kappa shape index (κ2) is 9.13. The number of likely N-dealkylation sites (tertiary alicyclic amines) is 1. The molecule has 0 bridgehead atoms. The number of aromatic nitrogens is 2. The van der Waals surface area contributed by atoms with Gasteiger partial charge in [0.25, 0.3) is 0 Å². The molecule has 0 aliphatic carbocycles. The molecule has 1 aromatic carbocycles. The van der Waals surface area contributed by atoms with Crippen LogP contribution in [0.15, 0.2) is 30.3 Å². The summed E-state index contributed by atoms with van der Waals surface area (Å²) < 4.78 is 15.2. The van der Waals surface area contributed by atoms with Gasteiger partial charge in [-0.3, -0.25) is 9.48 Å². The Hall–Kier alpha value is -2.21. The average Bonchev–Trinajstić information content (AvgIpc) is 3.14. The van der Waals surface area contributed by atoms with Gasteiger partial charge in [0.05, 0.1) is 5.69 Å². The van der Waals surface area contributed by atoms with Crippen LogP contribution in [0.4, 0.5) is 4.39 Å². The van der Waals surface area contributed by atoms with E-state index in [0.717, 1.165) is 50.2 Å². The number of rotatable bonds is 9. The molecule has 6 heteroatoms. The van der Waals surface area contributed by atoms with Crippen molar-refractivity contribution in [2.24, 2.45) is 0 Å². The summed E-state index contributed by atoms with van der Waals surface area (Å²) in [6.45, 7) is 7.16. The minimum Gasteiger partial charge on any atom is -0.340 e. The smallest absolute Gasteiger partial charge is 0.222 e. The highest BCUT2D eigenvalue weighted by molar-refractivity contribution is 5.78. The van der Waals surface area contributed by atoms with Crippen molar-refractivity contribution in [2.45, 2.75) is 58.7 Å². The van der Waals surface area contributed by atoms with Crippen LogP contribution < -0.4 is 5.32 Å². The Morgan fingerprint density at radius 3 is 2.85 bits per heavy atom. The lowest BCUT2D eigenvalue weighted by molar-refractivity contribution is -0.129. The van der Waals surface area contributed by atoms with Crippen LogP contribution in [-0.2, 0) is 17.9 Å². The van der Waals surface area contributed by atoms with Gasteiger partial charge in [-0.25, -0.2) is 4.39 Å². The van der Waals surface area contributed by atoms with E-state index >= 15 is 0 Å². The summed E-state index contributed by atoms with van der Waals surface area (Å²) in [5.41, 5.74) is 3.14. The maximum atomic E-state index is 13.2. The summed E-state index contributed by atoms with van der Waals surface area (Å²) in [5.74, 6) is 0.0583. The minimum atomic E-state index is -0.204. The van der Waals surface area contributed by atoms with Crippen molar-refractivity contribution in [3.05, 3.63) is 53.1 Å². The molecule has 1 atom stereocenters. The highest BCUT2D eigenvalue weighted by Gasteiger charge is 2.29. The van der Waals surface area contributed by atoms with E-state index in [1.807, 2.05) is 22.6 Å². The molecule has 3 rings (SSSR count). The molecule has 1 N–H and O–H groups in total. The third-order valence-corrected chi connectivity index (χ3v) is 5.20. The van der Waals surface area contributed by atoms with Gasteiger partial charge in [-0.05, 0) is 63.4 Å². The number of nitrogens with zero attached hydrogens (tertiary/aromatic N) is 3. The Labute approximate surface area is 160 Å². The number of carbonyl (C=O) groups excluding carboxylic acids is 1. The normalized spacial score (nSPS) is 17.1. The second-order valence-corrected chi connectivity index (χ2v) is 7.38. The molecular formula is C21H29FN4O. The topological polar surface area (TPSA) is 50.2 Å². The van der Waals surface area contributed by atoms with E-state index in [1.165, 1.54) is 11.8 Å². The van der Waals surface area contributed by atoms with Crippen molar-refractivity contribution in [3.63, 3.8) is 0 Å². The van der Waals surface area contributed by atoms with Gasteiger partial charge in [0.2, 0.25) is 5.91 Å². The summed E-state index contributed by atoms with van der Waals surface area (Å²) in [7, 11) is 0. The molecule has 1 aliphatic rings. The molecule has 1 aliphatic heterocycles. The first kappa shape index (κ1) is 19.5. The molecule has 0 unspecified atom stereocenters. The first-order chi connectivity index (χ1) is 13.0. The van der Waals surface area contributed by atoms with Crippen LogP contribution in [0.1, 0.15) is 42.6 Å². The van der Waals surface area contributed by atoms with E-state index < -0.39 is 0 Å². The SMILES string of the molecule is Cc1cc(C)n(CCCN2C(=O)CC[C@@H]2CCNCc2cccc(F)c2)n1. The molecule has 2 heterocycles. The Balaban J connectivity index is 1.41. The number of hydrogen-bond donors (Lipinski definition) is 1. The maximum Gasteiger partial charge on any atom is 0.222 e. The lowest BCUT2D eigenvalue weighted by Gasteiger charge is -2.25. The van der Waals surface area contributed by atoms with Crippen LogP contribution in [0.25, 0.3) is 0 Å². The quantitative estimate of drug-likeness (QED) is 0.688. The maximum absolute atomic E-state index is 13.2. The minimum absolute atomic E-state index is 0.204. The van der Waals surface area contributed by atoms with Crippen LogP contribution in [0, 0.1) is 19.7 Å². The number of carbonyl (C=O) groups is 1. The number of benzene rings is 1. The van der Waals surface area contributed by atoms with E-state index in [-0.39, 0.29) is 11.7 Å². The zero-order valence-electron chi connectivity index (χ0n) is 16.2. The van der Waals surface area contributed by atoms with Gasteiger partial charge in [-0.2, -0.15) is 5.10 Å². The van der Waals surface area contributed by atoms with Crippen molar-refractivity contribution < 1.29 is 9.18 Å². The van der Waals surface area contributed by atoms with Gasteiger partial charge in [-0.1, -0.05) is 12.1 Å². The molecule has 1 saturated heterocycles. The second-order valence-electron chi connectivity index (χ2n) is 7.38. The van der Waals surface area contributed by atoms with E-state index in [2.05, 4.69) is 23.4 Å². The molecule has 0 saturated carbocycles. The van der Waals surface area contributed by atoms with Crippen molar-refractivity contribution in [3.8, 4) is 0 Å². The van der Waals surface area contributed by atoms with Crippen molar-refractivity contribution in [1.82, 2.24) is 20.0 Å². The number of halogens is 1. The van der Waals surface area contributed by atoms with Gasteiger partial charge < -0.3 is 10.2 Å². The Morgan fingerprint density at radius 2 is 2.11 bits per heavy atom. The molecule has 27 heavy (non-hydrogen) atoms. The van der Waals surface area contributed by atoms with Gasteiger partial charge in [0, 0.05) is 37.8 Å². The van der Waals surface area contributed by atoms with E-state index in [4.69, 9.17) is 0 Å². The monoisotopic (exact) mass is 372 g/mol. The van der Waals surface area contributed by atoms with E-state index in [9.17, 15) is 9.18 Å². The third kappa shape index (κ3) is 5.39. The van der Waals surface area contributed by atoms with Gasteiger partial charge >= 0.3 is 0 Å². The van der Waals surface area contributed by atoms with Crippen LogP contribution in [-0.4, -0.2) is 39.7 Å². The molecule has 1 fully saturated rings. The van der Waals surface area contributed by atoms with Gasteiger partial charge in [0.15, 0.2) is 0 Å². The average molecular weight is 372 g/mol. The number of aryl methyl sites for hydroxylation is 3. The van der Waals surface area contributed by atoms with Gasteiger partial charge in [-0.15, -0.1) is 0 Å². The standard InChI is InChI=1S/C21H29FN4O/c1-16-13-17(2)26(24-16)12-4-11-25-20(7-8-21(25)27)9-10-23-15-18-5-3-6-19(22)14-18/h3,5-6,13-14,20,23H,4,7-12,15H2,1-2H3/t20-/m1/s1. The fourth-order valence-corrected chi connectivity index (χ4v) is 3.84. The molecule has 146 valence electrons. The predicted octanol–water partition coefficient (Wildman–Crippen LogP) is 3.20. The van der Waals surface area contributed by atoms with Gasteiger partial charge in [0.1, 0.15) is 5.82 Å². The van der Waals surface area contributed by atoms with Crippen LogP contribution in [0.5, 0.6) is 0 Å². The lowest BCUT2D eigenvalue weighted by Crippen LogP contribution is -2.36. The summed E-state index contributed by atoms with van der Waals surface area (Å²) in [6.07, 6.45) is 3.43. The predicted molar refractivity (Wildman–Crippen MR) is 104 cm³/mol. The molecular weight excluding hydrogens is 343 g/mol. The third-order valence-electron chi connectivity index (χ3n) is 5.20. The highest BCUT2D eigenvalue weighted by atomic mass is 19.1. The highest BCUT2D eigenvalue weighted by Crippen LogP contribution is 2.21. The van der Waals surface area contributed by atoms with Crippen LogP contribution >= 0.6 is 0 Å². The largest absolute Gasteiger partial charge is 0.340 e. The van der Waals surface area contributed by atoms with Crippen molar-refractivity contribution in [2.75, 3.05) is 13.1 Å². The summed E-state index contributed by atoms with van der Waals surface area (Å²) in [6, 6.07) is 9.04. The number of nitrogens with one attached hydrogen (secondary N) is 1. The fraction of sp³-hybridized carbons (Fsp3) is 0.524. The summed E-state index contributed by atoms with van der Waals surface area (Å²) in [5, 5.41) is 7.85. The zero-order chi connectivity index (χ0) is 19.2. The van der Waals surface area contributed by atoms with Crippen molar-refractivity contribution in [1.29, 1.82) is 0 Å². The Bertz CT molecular complexity index is 773. The molecule has 5 nitrogen and oxygen atoms in total. The fourth-order valence-electron chi connectivity index (χ4n) is 3.84. The molecule has 0 radical (unpaired) electrons. The van der Waals surface area contributed by atoms with E-state index in [0.29, 0.717) is 19.0 Å². The van der Waals surface area contributed by atoms with Crippen LogP contribution in [0.3, 0.4) is 0 Å². The Morgan fingerprint density at radius 1 is 1.26 bits per heavy atom. The number of hydrogen-bond acceptors (Lipinski definition) is 3. The number of amides is 1. The molecule has 2 aromatic rings. The van der Waals surface area contributed by atoms with Crippen LogP contribution in [0.2, 0.25) is 0 Å². The Kier molecular flexibility index (Phi) is 6.61. The molecule has 1 aromatic heterocycles. The molecule has 0 spiro atoms.